The summed E-state index contributed by atoms with van der Waals surface area (Å²) in [6.45, 7) is 3.33. The van der Waals surface area contributed by atoms with Gasteiger partial charge in [0.05, 0.1) is 0 Å². The fourth-order valence-electron chi connectivity index (χ4n) is 2.27. The molecule has 1 aromatic carbocycles. The first kappa shape index (κ1) is 15.3. The van der Waals surface area contributed by atoms with Crippen molar-refractivity contribution in [3.05, 3.63) is 29.8 Å². The summed E-state index contributed by atoms with van der Waals surface area (Å²) in [5.74, 6) is 0. The fraction of sp³-hybridized carbons (Fsp3) is 0.571. The lowest BCUT2D eigenvalue weighted by molar-refractivity contribution is 0.205. The highest BCUT2D eigenvalue weighted by atomic mass is 35.5. The Hall–Kier alpha value is -0.770. The largest absolute Gasteiger partial charge is 0.378 e. The van der Waals surface area contributed by atoms with E-state index in [0.29, 0.717) is 6.04 Å². The van der Waals surface area contributed by atoms with Crippen LogP contribution in [0.5, 0.6) is 0 Å². The van der Waals surface area contributed by atoms with Crippen LogP contribution in [-0.2, 0) is 6.54 Å². The lowest BCUT2D eigenvalue weighted by atomic mass is 10.1. The zero-order chi connectivity index (χ0) is 12.3. The van der Waals surface area contributed by atoms with Crippen molar-refractivity contribution in [2.45, 2.75) is 25.4 Å². The van der Waals surface area contributed by atoms with E-state index in [0.717, 1.165) is 32.5 Å². The number of anilines is 1. The maximum absolute atomic E-state index is 5.91. The quantitative estimate of drug-likeness (QED) is 0.912. The van der Waals surface area contributed by atoms with Gasteiger partial charge in [-0.1, -0.05) is 12.1 Å². The van der Waals surface area contributed by atoms with Gasteiger partial charge in [0.1, 0.15) is 0 Å². The van der Waals surface area contributed by atoms with Crippen LogP contribution in [0.15, 0.2) is 24.3 Å². The zero-order valence-corrected chi connectivity index (χ0v) is 12.1. The average molecular weight is 270 g/mol. The summed E-state index contributed by atoms with van der Waals surface area (Å²) >= 11 is 0. The highest BCUT2D eigenvalue weighted by Crippen LogP contribution is 2.16. The molecule has 0 aliphatic carbocycles. The minimum Gasteiger partial charge on any atom is -0.378 e. The van der Waals surface area contributed by atoms with Crippen LogP contribution in [0.3, 0.4) is 0 Å². The molecule has 1 saturated heterocycles. The first-order chi connectivity index (χ1) is 8.15. The van der Waals surface area contributed by atoms with Crippen molar-refractivity contribution in [2.75, 3.05) is 32.1 Å². The van der Waals surface area contributed by atoms with Crippen molar-refractivity contribution in [3.63, 3.8) is 0 Å². The number of hydrogen-bond donors (Lipinski definition) is 1. The van der Waals surface area contributed by atoms with Crippen molar-refractivity contribution in [1.82, 2.24) is 4.90 Å². The predicted octanol–water partition coefficient (Wildman–Crippen LogP) is 2.10. The van der Waals surface area contributed by atoms with E-state index in [1.807, 2.05) is 0 Å². The molecule has 0 saturated carbocycles. The average Bonchev–Trinajstić information content (AvgIpc) is 2.33. The Morgan fingerprint density at radius 1 is 1.17 bits per heavy atom. The third-order valence-corrected chi connectivity index (χ3v) is 3.49. The maximum atomic E-state index is 5.91. The highest BCUT2D eigenvalue weighted by molar-refractivity contribution is 5.85. The Morgan fingerprint density at radius 3 is 2.22 bits per heavy atom. The van der Waals surface area contributed by atoms with Crippen LogP contribution in [0.4, 0.5) is 5.69 Å². The Labute approximate surface area is 116 Å². The number of halogens is 1. The number of benzene rings is 1. The lowest BCUT2D eigenvalue weighted by Gasteiger charge is -2.30. The van der Waals surface area contributed by atoms with Crippen molar-refractivity contribution in [2.24, 2.45) is 5.73 Å². The van der Waals surface area contributed by atoms with E-state index < -0.39 is 0 Å². The van der Waals surface area contributed by atoms with Gasteiger partial charge in [-0.3, -0.25) is 4.90 Å². The van der Waals surface area contributed by atoms with E-state index in [2.05, 4.69) is 48.2 Å². The van der Waals surface area contributed by atoms with E-state index in [1.54, 1.807) is 0 Å². The Kier molecular flexibility index (Phi) is 5.93. The molecule has 0 aromatic heterocycles. The standard InChI is InChI=1S/C14H23N3.ClH/c1-16(2)14-5-3-12(4-6-14)11-17-9-7-13(15)8-10-17;/h3-6,13H,7-11,15H2,1-2H3;1H. The van der Waals surface area contributed by atoms with Crippen LogP contribution in [0.1, 0.15) is 18.4 Å². The summed E-state index contributed by atoms with van der Waals surface area (Å²) in [7, 11) is 4.14. The van der Waals surface area contributed by atoms with Crippen LogP contribution in [0.2, 0.25) is 0 Å². The minimum atomic E-state index is 0. The molecule has 3 nitrogen and oxygen atoms in total. The molecule has 1 aliphatic heterocycles. The molecule has 0 bridgehead atoms. The van der Waals surface area contributed by atoms with Crippen molar-refractivity contribution in [3.8, 4) is 0 Å². The molecular formula is C14H24ClN3. The SMILES string of the molecule is CN(C)c1ccc(CN2CCC(N)CC2)cc1.Cl. The third kappa shape index (κ3) is 4.16. The summed E-state index contributed by atoms with van der Waals surface area (Å²) < 4.78 is 0. The number of nitrogens with zero attached hydrogens (tertiary/aromatic N) is 2. The zero-order valence-electron chi connectivity index (χ0n) is 11.3. The van der Waals surface area contributed by atoms with Gasteiger partial charge in [0.2, 0.25) is 0 Å². The molecule has 1 aromatic rings. The van der Waals surface area contributed by atoms with Gasteiger partial charge in [-0.05, 0) is 43.6 Å². The Balaban J connectivity index is 0.00000162. The van der Waals surface area contributed by atoms with E-state index in [1.165, 1.54) is 11.3 Å². The minimum absolute atomic E-state index is 0. The van der Waals surface area contributed by atoms with Gasteiger partial charge in [0, 0.05) is 32.4 Å². The van der Waals surface area contributed by atoms with E-state index in [9.17, 15) is 0 Å². The second-order valence-electron chi connectivity index (χ2n) is 5.17. The summed E-state index contributed by atoms with van der Waals surface area (Å²) in [5, 5.41) is 0. The smallest absolute Gasteiger partial charge is 0.0361 e. The van der Waals surface area contributed by atoms with E-state index in [-0.39, 0.29) is 12.4 Å². The van der Waals surface area contributed by atoms with Crippen molar-refractivity contribution in [1.29, 1.82) is 0 Å². The molecule has 0 atom stereocenters. The molecule has 0 amide bonds. The molecule has 1 aliphatic rings. The molecule has 0 spiro atoms. The van der Waals surface area contributed by atoms with Gasteiger partial charge in [0.15, 0.2) is 0 Å². The van der Waals surface area contributed by atoms with Gasteiger partial charge in [0.25, 0.3) is 0 Å². The van der Waals surface area contributed by atoms with Crippen molar-refractivity contribution >= 4 is 18.1 Å². The second-order valence-corrected chi connectivity index (χ2v) is 5.17. The molecule has 2 rings (SSSR count). The number of hydrogen-bond acceptors (Lipinski definition) is 3. The Bertz CT molecular complexity index is 343. The van der Waals surface area contributed by atoms with Gasteiger partial charge >= 0.3 is 0 Å². The molecule has 2 N–H and O–H groups in total. The first-order valence-electron chi connectivity index (χ1n) is 6.39. The molecule has 1 fully saturated rings. The summed E-state index contributed by atoms with van der Waals surface area (Å²) in [6, 6.07) is 9.24. The summed E-state index contributed by atoms with van der Waals surface area (Å²) in [4.78, 5) is 4.62. The van der Waals surface area contributed by atoms with Crippen molar-refractivity contribution < 1.29 is 0 Å². The summed E-state index contributed by atoms with van der Waals surface area (Å²) in [5.41, 5.74) is 8.56. The monoisotopic (exact) mass is 269 g/mol. The molecule has 0 radical (unpaired) electrons. The van der Waals surface area contributed by atoms with E-state index >= 15 is 0 Å². The number of nitrogens with two attached hydrogens (primary N) is 1. The van der Waals surface area contributed by atoms with Crippen LogP contribution >= 0.6 is 12.4 Å². The van der Waals surface area contributed by atoms with Gasteiger partial charge in [-0.25, -0.2) is 0 Å². The summed E-state index contributed by atoms with van der Waals surface area (Å²) in [6.07, 6.45) is 2.27. The molecule has 18 heavy (non-hydrogen) atoms. The van der Waals surface area contributed by atoms with Gasteiger partial charge in [-0.2, -0.15) is 0 Å². The molecular weight excluding hydrogens is 246 g/mol. The normalized spacial score (nSPS) is 17.3. The predicted molar refractivity (Wildman–Crippen MR) is 80.5 cm³/mol. The number of likely N-dealkylation sites (tertiary alicyclic amines) is 1. The fourth-order valence-corrected chi connectivity index (χ4v) is 2.27. The number of piperidine rings is 1. The second kappa shape index (κ2) is 6.98. The first-order valence-corrected chi connectivity index (χ1v) is 6.39. The molecule has 1 heterocycles. The van der Waals surface area contributed by atoms with Gasteiger partial charge < -0.3 is 10.6 Å². The van der Waals surface area contributed by atoms with Crippen LogP contribution in [-0.4, -0.2) is 38.1 Å². The third-order valence-electron chi connectivity index (χ3n) is 3.49. The topological polar surface area (TPSA) is 32.5 Å². The lowest BCUT2D eigenvalue weighted by Crippen LogP contribution is -2.39. The highest BCUT2D eigenvalue weighted by Gasteiger charge is 2.15. The maximum Gasteiger partial charge on any atom is 0.0361 e. The Morgan fingerprint density at radius 2 is 1.72 bits per heavy atom. The number of rotatable bonds is 3. The molecule has 102 valence electrons. The van der Waals surface area contributed by atoms with E-state index in [4.69, 9.17) is 5.73 Å². The van der Waals surface area contributed by atoms with Gasteiger partial charge in [-0.15, -0.1) is 12.4 Å². The molecule has 0 unspecified atom stereocenters. The van der Waals surface area contributed by atoms with Crippen LogP contribution in [0, 0.1) is 0 Å². The molecule has 4 heteroatoms. The van der Waals surface area contributed by atoms with Crippen LogP contribution in [0.25, 0.3) is 0 Å². The van der Waals surface area contributed by atoms with Crippen LogP contribution < -0.4 is 10.6 Å².